The molecule has 8 nitrogen and oxygen atoms in total. The average Bonchev–Trinajstić information content (AvgIpc) is 3.62. The molecular formula is C31H37N7O. The molecule has 0 fully saturated rings. The molecule has 3 aromatic heterocycles. The number of hydrogen-bond donors (Lipinski definition) is 3. The lowest BCUT2D eigenvalue weighted by Gasteiger charge is -2.13. The summed E-state index contributed by atoms with van der Waals surface area (Å²) in [5.74, 6) is 0.651. The van der Waals surface area contributed by atoms with Gasteiger partial charge in [-0.3, -0.25) is 14.9 Å². The number of imidazole rings is 1. The van der Waals surface area contributed by atoms with Crippen LogP contribution in [-0.2, 0) is 13.1 Å². The van der Waals surface area contributed by atoms with Crippen LogP contribution in [-0.4, -0.2) is 30.6 Å². The van der Waals surface area contributed by atoms with Crippen molar-refractivity contribution in [3.05, 3.63) is 108 Å². The van der Waals surface area contributed by atoms with Crippen LogP contribution in [0.25, 0.3) is 29.1 Å². The summed E-state index contributed by atoms with van der Waals surface area (Å²) in [6, 6.07) is 17.3. The lowest BCUT2D eigenvalue weighted by Crippen LogP contribution is -2.25. The number of carbonyl (C=O) groups is 1. The minimum Gasteiger partial charge on any atom is -0.355 e. The molecule has 0 aliphatic carbocycles. The number of H-pyrrole nitrogens is 1. The summed E-state index contributed by atoms with van der Waals surface area (Å²) in [7, 11) is 0. The number of carbonyl (C=O) groups excluding carboxylic acids is 1. The van der Waals surface area contributed by atoms with E-state index in [2.05, 4.69) is 37.4 Å². The smallest absolute Gasteiger partial charge is 0.253 e. The number of rotatable bonds is 9. The number of pyridine rings is 1. The van der Waals surface area contributed by atoms with Crippen LogP contribution in [0.1, 0.15) is 56.8 Å². The van der Waals surface area contributed by atoms with Crippen molar-refractivity contribution in [2.45, 2.75) is 33.9 Å². The molecule has 8 heteroatoms. The van der Waals surface area contributed by atoms with Gasteiger partial charge >= 0.3 is 0 Å². The van der Waals surface area contributed by atoms with Gasteiger partial charge in [0, 0.05) is 39.1 Å². The molecule has 0 aliphatic heterocycles. The minimum atomic E-state index is -0.169. The highest BCUT2D eigenvalue weighted by molar-refractivity contribution is 6.00. The molecule has 2 aromatic carbocycles. The Kier molecular flexibility index (Phi) is 9.03. The topological polar surface area (TPSA) is 101 Å². The van der Waals surface area contributed by atoms with Crippen LogP contribution in [0, 0.1) is 0 Å². The number of benzene rings is 2. The van der Waals surface area contributed by atoms with Crippen molar-refractivity contribution in [3.8, 4) is 0 Å². The quantitative estimate of drug-likeness (QED) is 0.190. The van der Waals surface area contributed by atoms with E-state index in [0.717, 1.165) is 45.9 Å². The molecule has 0 saturated heterocycles. The molecule has 0 unspecified atom stereocenters. The SMILES string of the molecule is C=Cc1ccnc(/C=C/c2n[nH]c3cc(Nc4ccccc4C(=O)NCc4nccn4CC)ccc23)c1.CC.[HH].[HH]. The second kappa shape index (κ2) is 13.0. The summed E-state index contributed by atoms with van der Waals surface area (Å²) in [5.41, 5.74) is 5.65. The van der Waals surface area contributed by atoms with Crippen molar-refractivity contribution in [3.63, 3.8) is 0 Å². The minimum absolute atomic E-state index is 0. The van der Waals surface area contributed by atoms with Crippen LogP contribution in [0.5, 0.6) is 0 Å². The van der Waals surface area contributed by atoms with Gasteiger partial charge in [-0.1, -0.05) is 38.6 Å². The van der Waals surface area contributed by atoms with E-state index < -0.39 is 0 Å². The Morgan fingerprint density at radius 2 is 1.92 bits per heavy atom. The largest absolute Gasteiger partial charge is 0.355 e. The third-order valence-corrected chi connectivity index (χ3v) is 6.05. The standard InChI is InChI=1S/C29H27N7O.C2H6.2H2/c1-3-20-13-14-30-21(17-20)10-12-26-23-11-9-22(18-27(23)35-34-26)33-25-8-6-5-7-24(25)29(37)32-19-28-31-15-16-36(28)4-2;1-2;;/h3,5-18,33H,1,4,19H2,2H3,(H,32,37)(H,34,35);1-2H3;2*1H/b12-10+;;;. The van der Waals surface area contributed by atoms with Gasteiger partial charge in [0.25, 0.3) is 5.91 Å². The Hall–Kier alpha value is -4.98. The van der Waals surface area contributed by atoms with E-state index in [9.17, 15) is 4.79 Å². The number of para-hydroxylation sites is 1. The van der Waals surface area contributed by atoms with Crippen LogP contribution in [0.4, 0.5) is 11.4 Å². The molecule has 0 bridgehead atoms. The van der Waals surface area contributed by atoms with Crippen molar-refractivity contribution in [2.24, 2.45) is 0 Å². The zero-order chi connectivity index (χ0) is 27.6. The molecule has 3 heterocycles. The number of anilines is 2. The number of aryl methyl sites for hydroxylation is 1. The predicted octanol–water partition coefficient (Wildman–Crippen LogP) is 7.18. The van der Waals surface area contributed by atoms with E-state index in [1.807, 2.05) is 92.2 Å². The fraction of sp³-hybridized carbons (Fsp3) is 0.161. The number of aromatic nitrogens is 5. The second-order valence-electron chi connectivity index (χ2n) is 8.40. The van der Waals surface area contributed by atoms with Gasteiger partial charge in [-0.05, 0) is 67.1 Å². The van der Waals surface area contributed by atoms with E-state index in [1.54, 1.807) is 24.5 Å². The zero-order valence-electron chi connectivity index (χ0n) is 22.5. The van der Waals surface area contributed by atoms with Gasteiger partial charge in [0.05, 0.1) is 34.7 Å². The monoisotopic (exact) mass is 523 g/mol. The van der Waals surface area contributed by atoms with E-state index in [4.69, 9.17) is 0 Å². The van der Waals surface area contributed by atoms with Crippen molar-refractivity contribution in [2.75, 3.05) is 5.32 Å². The molecule has 0 saturated carbocycles. The average molecular weight is 524 g/mol. The van der Waals surface area contributed by atoms with Gasteiger partial charge in [-0.2, -0.15) is 5.10 Å². The van der Waals surface area contributed by atoms with Crippen molar-refractivity contribution >= 4 is 46.4 Å². The Morgan fingerprint density at radius 3 is 2.74 bits per heavy atom. The van der Waals surface area contributed by atoms with Gasteiger partial charge in [-0.25, -0.2) is 4.98 Å². The van der Waals surface area contributed by atoms with E-state index >= 15 is 0 Å². The summed E-state index contributed by atoms with van der Waals surface area (Å²) in [6.45, 7) is 11.0. The molecule has 0 radical (unpaired) electrons. The van der Waals surface area contributed by atoms with E-state index in [-0.39, 0.29) is 8.76 Å². The summed E-state index contributed by atoms with van der Waals surface area (Å²) < 4.78 is 2.00. The lowest BCUT2D eigenvalue weighted by molar-refractivity contribution is 0.0950. The van der Waals surface area contributed by atoms with Crippen LogP contribution >= 0.6 is 0 Å². The molecule has 5 aromatic rings. The molecule has 0 spiro atoms. The summed E-state index contributed by atoms with van der Waals surface area (Å²) in [4.78, 5) is 21.7. The second-order valence-corrected chi connectivity index (χ2v) is 8.40. The van der Waals surface area contributed by atoms with Crippen LogP contribution < -0.4 is 10.6 Å². The first-order valence-electron chi connectivity index (χ1n) is 13.0. The molecule has 5 rings (SSSR count). The van der Waals surface area contributed by atoms with Gasteiger partial charge in [0.15, 0.2) is 0 Å². The van der Waals surface area contributed by atoms with Crippen molar-refractivity contribution < 1.29 is 7.65 Å². The summed E-state index contributed by atoms with van der Waals surface area (Å²) in [5, 5.41) is 14.9. The highest BCUT2D eigenvalue weighted by Crippen LogP contribution is 2.26. The first-order chi connectivity index (χ1) is 19.1. The molecular weight excluding hydrogens is 486 g/mol. The predicted molar refractivity (Wildman–Crippen MR) is 164 cm³/mol. The summed E-state index contributed by atoms with van der Waals surface area (Å²) in [6.07, 6.45) is 11.1. The van der Waals surface area contributed by atoms with Gasteiger partial charge in [0.2, 0.25) is 0 Å². The number of nitrogens with one attached hydrogen (secondary N) is 3. The number of amides is 1. The Morgan fingerprint density at radius 1 is 1.08 bits per heavy atom. The van der Waals surface area contributed by atoms with E-state index in [1.165, 1.54) is 0 Å². The third kappa shape index (κ3) is 6.48. The Bertz CT molecular complexity index is 1610. The van der Waals surface area contributed by atoms with Crippen LogP contribution in [0.3, 0.4) is 0 Å². The number of aromatic amines is 1. The van der Waals surface area contributed by atoms with E-state index in [0.29, 0.717) is 17.8 Å². The Labute approximate surface area is 231 Å². The molecule has 0 aliphatic rings. The zero-order valence-corrected chi connectivity index (χ0v) is 22.5. The Balaban J connectivity index is 0.00000144. The molecule has 39 heavy (non-hydrogen) atoms. The molecule has 1 amide bonds. The molecule has 3 N–H and O–H groups in total. The summed E-state index contributed by atoms with van der Waals surface area (Å²) >= 11 is 0. The van der Waals surface area contributed by atoms with Gasteiger partial charge in [0.1, 0.15) is 5.82 Å². The third-order valence-electron chi connectivity index (χ3n) is 6.05. The molecule has 0 atom stereocenters. The van der Waals surface area contributed by atoms with Gasteiger partial charge < -0.3 is 15.2 Å². The lowest BCUT2D eigenvalue weighted by atomic mass is 10.1. The van der Waals surface area contributed by atoms with Gasteiger partial charge in [-0.15, -0.1) is 0 Å². The first kappa shape index (κ1) is 27.1. The highest BCUT2D eigenvalue weighted by atomic mass is 16.1. The van der Waals surface area contributed by atoms with Crippen LogP contribution in [0.2, 0.25) is 0 Å². The normalized spacial score (nSPS) is 10.7. The van der Waals surface area contributed by atoms with Crippen molar-refractivity contribution in [1.82, 2.24) is 30.0 Å². The fourth-order valence-corrected chi connectivity index (χ4v) is 4.09. The number of hydrogen-bond acceptors (Lipinski definition) is 5. The highest BCUT2D eigenvalue weighted by Gasteiger charge is 2.13. The maximum Gasteiger partial charge on any atom is 0.253 e. The maximum atomic E-state index is 13.0. The van der Waals surface area contributed by atoms with Crippen LogP contribution in [0.15, 0.2) is 79.8 Å². The first-order valence-corrected chi connectivity index (χ1v) is 13.0. The number of nitrogens with zero attached hydrogens (tertiary/aromatic N) is 4. The van der Waals surface area contributed by atoms with Crippen molar-refractivity contribution in [1.29, 1.82) is 0 Å². The number of fused-ring (bicyclic) bond motifs is 1. The molecule has 202 valence electrons. The maximum absolute atomic E-state index is 13.0. The fourth-order valence-electron chi connectivity index (χ4n) is 4.09.